The number of aromatic amines is 1. The minimum Gasteiger partial charge on any atom is -0.349 e. The molecule has 2 amide bonds. The molecular formula is C16H16N4O4. The van der Waals surface area contributed by atoms with Crippen molar-refractivity contribution in [1.29, 1.82) is 0 Å². The first-order chi connectivity index (χ1) is 11.5. The number of aromatic nitrogens is 2. The number of anilines is 1. The van der Waals surface area contributed by atoms with Crippen LogP contribution in [0.25, 0.3) is 0 Å². The van der Waals surface area contributed by atoms with Gasteiger partial charge in [-0.3, -0.25) is 23.9 Å². The first-order valence-corrected chi connectivity index (χ1v) is 7.52. The van der Waals surface area contributed by atoms with E-state index in [9.17, 15) is 19.2 Å². The van der Waals surface area contributed by atoms with Gasteiger partial charge in [-0.2, -0.15) is 0 Å². The van der Waals surface area contributed by atoms with Crippen LogP contribution in [0, 0.1) is 0 Å². The van der Waals surface area contributed by atoms with Gasteiger partial charge >= 0.3 is 5.69 Å². The van der Waals surface area contributed by atoms with Gasteiger partial charge in [-0.15, -0.1) is 0 Å². The smallest absolute Gasteiger partial charge is 0.328 e. The highest BCUT2D eigenvalue weighted by atomic mass is 16.2. The number of hydrogen-bond donors (Lipinski definition) is 3. The summed E-state index contributed by atoms with van der Waals surface area (Å²) in [5, 5.41) is 5.51. The predicted molar refractivity (Wildman–Crippen MR) is 86.9 cm³/mol. The van der Waals surface area contributed by atoms with Gasteiger partial charge < -0.3 is 10.6 Å². The van der Waals surface area contributed by atoms with Crippen LogP contribution in [0.4, 0.5) is 5.69 Å². The summed E-state index contributed by atoms with van der Waals surface area (Å²) in [5.41, 5.74) is -0.126. The molecule has 2 aromatic rings. The number of carbonyl (C=O) groups excluding carboxylic acids is 2. The summed E-state index contributed by atoms with van der Waals surface area (Å²) in [6, 6.07) is 7.94. The zero-order valence-corrected chi connectivity index (χ0v) is 12.7. The van der Waals surface area contributed by atoms with Crippen LogP contribution in [0.5, 0.6) is 0 Å². The maximum atomic E-state index is 11.9. The summed E-state index contributed by atoms with van der Waals surface area (Å²) < 4.78 is 1.09. The number of amides is 2. The fourth-order valence-corrected chi connectivity index (χ4v) is 2.13. The van der Waals surface area contributed by atoms with Gasteiger partial charge in [0.05, 0.1) is 0 Å². The van der Waals surface area contributed by atoms with Gasteiger partial charge in [-0.1, -0.05) is 0 Å². The fourth-order valence-electron chi connectivity index (χ4n) is 2.13. The SMILES string of the molecule is O=C(Cn1ccc(=O)[nH]c1=O)Nc1ccc(C(=O)NC2CC2)cc1. The van der Waals surface area contributed by atoms with Crippen molar-refractivity contribution in [1.82, 2.24) is 14.9 Å². The minimum absolute atomic E-state index is 0.129. The number of hydrogen-bond acceptors (Lipinski definition) is 4. The van der Waals surface area contributed by atoms with Gasteiger partial charge in [0.2, 0.25) is 5.91 Å². The number of H-pyrrole nitrogens is 1. The molecule has 1 aromatic heterocycles. The van der Waals surface area contributed by atoms with Gasteiger partial charge in [-0.05, 0) is 37.1 Å². The molecule has 3 rings (SSSR count). The molecule has 1 saturated carbocycles. The molecule has 0 unspecified atom stereocenters. The predicted octanol–water partition coefficient (Wildman–Crippen LogP) is 0.0675. The molecule has 0 spiro atoms. The first kappa shape index (κ1) is 15.7. The Bertz CT molecular complexity index is 878. The standard InChI is InChI=1S/C16H16N4O4/c21-13-7-8-20(16(24)19-13)9-14(22)17-11-3-1-10(2-4-11)15(23)18-12-5-6-12/h1-4,7-8,12H,5-6,9H2,(H,17,22)(H,18,23)(H,19,21,24). The highest BCUT2D eigenvalue weighted by Crippen LogP contribution is 2.19. The summed E-state index contributed by atoms with van der Waals surface area (Å²) in [6.45, 7) is -0.223. The van der Waals surface area contributed by atoms with Crippen molar-refractivity contribution >= 4 is 17.5 Å². The fraction of sp³-hybridized carbons (Fsp3) is 0.250. The Hall–Kier alpha value is -3.16. The normalized spacial score (nSPS) is 13.3. The average molecular weight is 328 g/mol. The summed E-state index contributed by atoms with van der Waals surface area (Å²) in [6.07, 6.45) is 3.29. The number of nitrogens with zero attached hydrogens (tertiary/aromatic N) is 1. The van der Waals surface area contributed by atoms with Crippen LogP contribution < -0.4 is 21.9 Å². The van der Waals surface area contributed by atoms with Crippen LogP contribution >= 0.6 is 0 Å². The van der Waals surface area contributed by atoms with Crippen molar-refractivity contribution in [3.05, 3.63) is 62.9 Å². The molecule has 1 aliphatic rings. The second-order valence-corrected chi connectivity index (χ2v) is 5.61. The number of benzene rings is 1. The second kappa shape index (κ2) is 6.53. The first-order valence-electron chi connectivity index (χ1n) is 7.52. The quantitative estimate of drug-likeness (QED) is 0.720. The topological polar surface area (TPSA) is 113 Å². The zero-order valence-electron chi connectivity index (χ0n) is 12.7. The molecule has 0 saturated heterocycles. The Balaban J connectivity index is 1.60. The lowest BCUT2D eigenvalue weighted by molar-refractivity contribution is -0.116. The summed E-state index contributed by atoms with van der Waals surface area (Å²) in [4.78, 5) is 48.4. The van der Waals surface area contributed by atoms with Crippen molar-refractivity contribution < 1.29 is 9.59 Å². The summed E-state index contributed by atoms with van der Waals surface area (Å²) in [7, 11) is 0. The highest BCUT2D eigenvalue weighted by molar-refractivity contribution is 5.96. The molecular weight excluding hydrogens is 312 g/mol. The van der Waals surface area contributed by atoms with Crippen LogP contribution in [-0.4, -0.2) is 27.4 Å². The van der Waals surface area contributed by atoms with Crippen LogP contribution in [0.1, 0.15) is 23.2 Å². The maximum Gasteiger partial charge on any atom is 0.328 e. The van der Waals surface area contributed by atoms with Crippen molar-refractivity contribution in [2.45, 2.75) is 25.4 Å². The zero-order chi connectivity index (χ0) is 17.1. The van der Waals surface area contributed by atoms with E-state index in [0.29, 0.717) is 11.3 Å². The maximum absolute atomic E-state index is 11.9. The molecule has 8 heteroatoms. The Morgan fingerprint density at radius 2 is 1.83 bits per heavy atom. The average Bonchev–Trinajstić information content (AvgIpc) is 3.35. The van der Waals surface area contributed by atoms with Gasteiger partial charge in [-0.25, -0.2) is 4.79 Å². The lowest BCUT2D eigenvalue weighted by atomic mass is 10.2. The number of carbonyl (C=O) groups is 2. The molecule has 0 bridgehead atoms. The molecule has 0 atom stereocenters. The Kier molecular flexibility index (Phi) is 4.28. The summed E-state index contributed by atoms with van der Waals surface area (Å²) >= 11 is 0. The van der Waals surface area contributed by atoms with Gasteiger partial charge in [0.1, 0.15) is 6.54 Å². The van der Waals surface area contributed by atoms with E-state index in [-0.39, 0.29) is 18.5 Å². The minimum atomic E-state index is -0.648. The van der Waals surface area contributed by atoms with E-state index in [4.69, 9.17) is 0 Å². The Morgan fingerprint density at radius 3 is 2.46 bits per heavy atom. The number of rotatable bonds is 5. The van der Waals surface area contributed by atoms with E-state index in [1.807, 2.05) is 0 Å². The van der Waals surface area contributed by atoms with E-state index in [1.165, 1.54) is 12.3 Å². The van der Waals surface area contributed by atoms with Gasteiger partial charge in [0, 0.05) is 29.6 Å². The second-order valence-electron chi connectivity index (χ2n) is 5.61. The Labute approximate surface area is 136 Å². The monoisotopic (exact) mass is 328 g/mol. The molecule has 1 aliphatic carbocycles. The molecule has 0 aliphatic heterocycles. The van der Waals surface area contributed by atoms with Crippen LogP contribution in [-0.2, 0) is 11.3 Å². The van der Waals surface area contributed by atoms with Gasteiger partial charge in [0.25, 0.3) is 11.5 Å². The van der Waals surface area contributed by atoms with Crippen molar-refractivity contribution in [3.8, 4) is 0 Å². The largest absolute Gasteiger partial charge is 0.349 e. The molecule has 1 aromatic carbocycles. The van der Waals surface area contributed by atoms with Crippen LogP contribution in [0.15, 0.2) is 46.1 Å². The van der Waals surface area contributed by atoms with E-state index in [2.05, 4.69) is 15.6 Å². The molecule has 0 radical (unpaired) electrons. The lowest BCUT2D eigenvalue weighted by Crippen LogP contribution is -2.32. The Morgan fingerprint density at radius 1 is 1.12 bits per heavy atom. The molecule has 124 valence electrons. The van der Waals surface area contributed by atoms with Crippen molar-refractivity contribution in [3.63, 3.8) is 0 Å². The highest BCUT2D eigenvalue weighted by Gasteiger charge is 2.23. The molecule has 8 nitrogen and oxygen atoms in total. The van der Waals surface area contributed by atoms with Crippen molar-refractivity contribution in [2.24, 2.45) is 0 Å². The third kappa shape index (κ3) is 3.97. The third-order valence-corrected chi connectivity index (χ3v) is 3.55. The van der Waals surface area contributed by atoms with E-state index in [1.54, 1.807) is 24.3 Å². The summed E-state index contributed by atoms with van der Waals surface area (Å²) in [5.74, 6) is -0.547. The third-order valence-electron chi connectivity index (χ3n) is 3.55. The molecule has 1 heterocycles. The van der Waals surface area contributed by atoms with Crippen molar-refractivity contribution in [2.75, 3.05) is 5.32 Å². The lowest BCUT2D eigenvalue weighted by Gasteiger charge is -2.08. The van der Waals surface area contributed by atoms with E-state index >= 15 is 0 Å². The molecule has 1 fully saturated rings. The number of nitrogens with one attached hydrogen (secondary N) is 3. The van der Waals surface area contributed by atoms with Gasteiger partial charge in [0.15, 0.2) is 0 Å². The van der Waals surface area contributed by atoms with Crippen LogP contribution in [0.2, 0.25) is 0 Å². The molecule has 3 N–H and O–H groups in total. The van der Waals surface area contributed by atoms with Crippen LogP contribution in [0.3, 0.4) is 0 Å². The molecule has 24 heavy (non-hydrogen) atoms. The van der Waals surface area contributed by atoms with E-state index < -0.39 is 17.2 Å². The van der Waals surface area contributed by atoms with E-state index in [0.717, 1.165) is 17.4 Å².